The Morgan fingerprint density at radius 2 is 2.03 bits per heavy atom. The van der Waals surface area contributed by atoms with Crippen molar-refractivity contribution in [3.63, 3.8) is 0 Å². The molecule has 1 aromatic heterocycles. The molecule has 4 rings (SSSR count). The van der Waals surface area contributed by atoms with Crippen molar-refractivity contribution in [1.82, 2.24) is 20.9 Å². The van der Waals surface area contributed by atoms with Gasteiger partial charge in [0.1, 0.15) is 0 Å². The number of rotatable bonds is 8. The van der Waals surface area contributed by atoms with E-state index >= 15 is 0 Å². The predicted octanol–water partition coefficient (Wildman–Crippen LogP) is 3.69. The lowest BCUT2D eigenvalue weighted by atomic mass is 10.1. The highest BCUT2D eigenvalue weighted by atomic mass is 79.9. The summed E-state index contributed by atoms with van der Waals surface area (Å²) in [5.74, 6) is 0.355. The molecule has 8 nitrogen and oxygen atoms in total. The van der Waals surface area contributed by atoms with Gasteiger partial charge in [-0.2, -0.15) is 0 Å². The number of benzene rings is 2. The summed E-state index contributed by atoms with van der Waals surface area (Å²) in [6, 6.07) is 13.4. The summed E-state index contributed by atoms with van der Waals surface area (Å²) < 4.78 is 2.13. The average molecular weight is 543 g/mol. The third kappa shape index (κ3) is 6.77. The van der Waals surface area contributed by atoms with E-state index in [0.717, 1.165) is 44.9 Å². The first-order chi connectivity index (χ1) is 16.5. The second-order valence-electron chi connectivity index (χ2n) is 8.14. The Balaban J connectivity index is 1.21. The van der Waals surface area contributed by atoms with Crippen molar-refractivity contribution in [2.75, 3.05) is 25.0 Å². The van der Waals surface area contributed by atoms with Crippen LogP contribution in [-0.4, -0.2) is 48.4 Å². The number of nitrogens with one attached hydrogen (secondary N) is 4. The second kappa shape index (κ2) is 11.4. The van der Waals surface area contributed by atoms with Gasteiger partial charge in [0.2, 0.25) is 5.91 Å². The number of halogens is 1. The molecule has 2 heterocycles. The Bertz CT molecular complexity index is 1190. The van der Waals surface area contributed by atoms with Gasteiger partial charge in [-0.25, -0.2) is 4.98 Å². The molecule has 0 spiro atoms. The zero-order chi connectivity index (χ0) is 23.9. The molecule has 4 N–H and O–H groups in total. The molecule has 10 heteroatoms. The minimum absolute atomic E-state index is 0.0222. The molecule has 1 unspecified atom stereocenters. The summed E-state index contributed by atoms with van der Waals surface area (Å²) in [6.45, 7) is 4.04. The molecule has 0 radical (unpaired) electrons. The first kappa shape index (κ1) is 24.2. The molecule has 0 saturated carbocycles. The zero-order valence-corrected chi connectivity index (χ0v) is 21.3. The van der Waals surface area contributed by atoms with E-state index < -0.39 is 0 Å². The lowest BCUT2D eigenvalue weighted by Crippen LogP contribution is -2.43. The van der Waals surface area contributed by atoms with Crippen LogP contribution in [0.1, 0.15) is 35.7 Å². The van der Waals surface area contributed by atoms with Crippen LogP contribution >= 0.6 is 27.3 Å². The van der Waals surface area contributed by atoms with E-state index in [4.69, 9.17) is 0 Å². The fourth-order valence-corrected chi connectivity index (χ4v) is 4.99. The summed E-state index contributed by atoms with van der Waals surface area (Å²) in [6.07, 6.45) is 1.94. The number of hydrogen-bond donors (Lipinski definition) is 4. The largest absolute Gasteiger partial charge is 0.357 e. The number of aliphatic imine (C=N–C) groups is 1. The lowest BCUT2D eigenvalue weighted by molar-refractivity contribution is -0.119. The molecule has 1 aliphatic heterocycles. The topological polar surface area (TPSA) is 108 Å². The van der Waals surface area contributed by atoms with E-state index in [1.807, 2.05) is 37.3 Å². The van der Waals surface area contributed by atoms with Crippen LogP contribution in [0.4, 0.5) is 5.13 Å². The van der Waals surface area contributed by atoms with Crippen LogP contribution in [-0.2, 0) is 11.2 Å². The van der Waals surface area contributed by atoms with Gasteiger partial charge in [-0.15, -0.1) is 0 Å². The Kier molecular flexibility index (Phi) is 8.12. The van der Waals surface area contributed by atoms with Crippen molar-refractivity contribution in [3.8, 4) is 0 Å². The minimum Gasteiger partial charge on any atom is -0.357 e. The summed E-state index contributed by atoms with van der Waals surface area (Å²) in [5, 5.41) is 13.0. The molecular weight excluding hydrogens is 516 g/mol. The summed E-state index contributed by atoms with van der Waals surface area (Å²) in [5.41, 5.74) is 2.54. The van der Waals surface area contributed by atoms with Crippen LogP contribution < -0.4 is 21.3 Å². The maximum atomic E-state index is 12.5. The quantitative estimate of drug-likeness (QED) is 0.347. The number of amides is 2. The Hall–Kier alpha value is -2.98. The zero-order valence-electron chi connectivity index (χ0n) is 18.9. The van der Waals surface area contributed by atoms with Crippen LogP contribution in [0.2, 0.25) is 0 Å². The number of fused-ring (bicyclic) bond motifs is 1. The molecule has 178 valence electrons. The van der Waals surface area contributed by atoms with Gasteiger partial charge in [0.05, 0.1) is 10.2 Å². The van der Waals surface area contributed by atoms with Crippen molar-refractivity contribution in [1.29, 1.82) is 0 Å². The second-order valence-corrected chi connectivity index (χ2v) is 10.1. The van der Waals surface area contributed by atoms with Gasteiger partial charge in [-0.3, -0.25) is 19.9 Å². The van der Waals surface area contributed by atoms with E-state index in [2.05, 4.69) is 47.2 Å². The number of guanidine groups is 1. The fourth-order valence-electron chi connectivity index (χ4n) is 3.46. The molecule has 1 atom stereocenters. The van der Waals surface area contributed by atoms with Gasteiger partial charge in [0, 0.05) is 42.1 Å². The van der Waals surface area contributed by atoms with Gasteiger partial charge in [0.15, 0.2) is 11.1 Å². The molecule has 0 bridgehead atoms. The smallest absolute Gasteiger partial charge is 0.251 e. The molecule has 3 aromatic rings. The summed E-state index contributed by atoms with van der Waals surface area (Å²) in [4.78, 5) is 33.5. The monoisotopic (exact) mass is 542 g/mol. The highest BCUT2D eigenvalue weighted by Crippen LogP contribution is 2.28. The molecule has 1 aliphatic rings. The van der Waals surface area contributed by atoms with Crippen molar-refractivity contribution in [2.45, 2.75) is 32.2 Å². The van der Waals surface area contributed by atoms with Crippen molar-refractivity contribution >= 4 is 60.4 Å². The molecule has 0 fully saturated rings. The minimum atomic E-state index is -0.132. The Morgan fingerprint density at radius 1 is 1.21 bits per heavy atom. The van der Waals surface area contributed by atoms with Gasteiger partial charge in [-0.1, -0.05) is 39.4 Å². The number of thiazole rings is 1. The highest BCUT2D eigenvalue weighted by molar-refractivity contribution is 9.10. The van der Waals surface area contributed by atoms with E-state index in [-0.39, 0.29) is 17.9 Å². The van der Waals surface area contributed by atoms with E-state index in [1.165, 1.54) is 0 Å². The Labute approximate surface area is 210 Å². The summed E-state index contributed by atoms with van der Waals surface area (Å²) >= 11 is 5.06. The number of anilines is 1. The standard InChI is InChI=1S/C24H27BrN6O2S/c1-15(29-24-30-19-9-8-18(25)13-20(19)34-24)14-28-22(33)17-6-3-16(4-7-17)5-10-21(32)31-23-26-11-2-12-27-23/h3-4,6-9,13,15H,2,5,10-12,14H2,1H3,(H,28,33)(H,29,30)(H2,26,27,31,32). The number of carbonyl (C=O) groups excluding carboxylic acids is 2. The number of nitrogens with zero attached hydrogens (tertiary/aromatic N) is 2. The van der Waals surface area contributed by atoms with E-state index in [1.54, 1.807) is 23.5 Å². The van der Waals surface area contributed by atoms with Crippen LogP contribution in [0, 0.1) is 0 Å². The first-order valence-electron chi connectivity index (χ1n) is 11.2. The third-order valence-corrected chi connectivity index (χ3v) is 6.74. The predicted molar refractivity (Wildman–Crippen MR) is 141 cm³/mol. The molecule has 0 saturated heterocycles. The van der Waals surface area contributed by atoms with Crippen LogP contribution in [0.3, 0.4) is 0 Å². The first-order valence-corrected chi connectivity index (χ1v) is 12.8. The van der Waals surface area contributed by atoms with Crippen LogP contribution in [0.5, 0.6) is 0 Å². The normalized spacial score (nSPS) is 14.1. The Morgan fingerprint density at radius 3 is 2.79 bits per heavy atom. The molecule has 2 aromatic carbocycles. The van der Waals surface area contributed by atoms with Gasteiger partial charge in [0.25, 0.3) is 5.91 Å². The van der Waals surface area contributed by atoms with Gasteiger partial charge in [-0.05, 0) is 55.7 Å². The van der Waals surface area contributed by atoms with Crippen molar-refractivity contribution in [2.24, 2.45) is 4.99 Å². The molecular formula is C24H27BrN6O2S. The maximum Gasteiger partial charge on any atom is 0.251 e. The SMILES string of the molecule is CC(CNC(=O)c1ccc(CCC(=O)NC2=NCCCN2)cc1)Nc1nc2ccc(Br)cc2s1. The highest BCUT2D eigenvalue weighted by Gasteiger charge is 2.12. The van der Waals surface area contributed by atoms with Crippen LogP contribution in [0.15, 0.2) is 51.9 Å². The lowest BCUT2D eigenvalue weighted by Gasteiger charge is -2.15. The van der Waals surface area contributed by atoms with E-state index in [0.29, 0.717) is 30.9 Å². The fraction of sp³-hybridized carbons (Fsp3) is 0.333. The van der Waals surface area contributed by atoms with Gasteiger partial charge < -0.3 is 16.0 Å². The maximum absolute atomic E-state index is 12.5. The van der Waals surface area contributed by atoms with E-state index in [9.17, 15) is 9.59 Å². The van der Waals surface area contributed by atoms with Crippen molar-refractivity contribution < 1.29 is 9.59 Å². The number of carbonyl (C=O) groups is 2. The molecule has 0 aliphatic carbocycles. The molecule has 2 amide bonds. The van der Waals surface area contributed by atoms with Gasteiger partial charge >= 0.3 is 0 Å². The van der Waals surface area contributed by atoms with Crippen molar-refractivity contribution in [3.05, 3.63) is 58.1 Å². The number of aromatic nitrogens is 1. The molecule has 34 heavy (non-hydrogen) atoms. The average Bonchev–Trinajstić information content (AvgIpc) is 3.23. The summed E-state index contributed by atoms with van der Waals surface area (Å²) in [7, 11) is 0. The number of aryl methyl sites for hydroxylation is 1. The number of hydrogen-bond acceptors (Lipinski definition) is 7. The third-order valence-electron chi connectivity index (χ3n) is 5.30. The van der Waals surface area contributed by atoms with Crippen LogP contribution in [0.25, 0.3) is 10.2 Å².